The lowest BCUT2D eigenvalue weighted by Crippen LogP contribution is -2.43. The first-order chi connectivity index (χ1) is 8.75. The van der Waals surface area contributed by atoms with Gasteiger partial charge in [-0.1, -0.05) is 30.7 Å². The van der Waals surface area contributed by atoms with Crippen molar-refractivity contribution >= 4 is 0 Å². The average Bonchev–Trinajstić information content (AvgIpc) is 2.38. The van der Waals surface area contributed by atoms with Crippen LogP contribution in [0.3, 0.4) is 0 Å². The summed E-state index contributed by atoms with van der Waals surface area (Å²) in [5, 5.41) is 10.1. The van der Waals surface area contributed by atoms with Crippen molar-refractivity contribution in [3.05, 3.63) is 35.4 Å². The van der Waals surface area contributed by atoms with Gasteiger partial charge in [0.25, 0.3) is 0 Å². The molecule has 1 heterocycles. The van der Waals surface area contributed by atoms with Gasteiger partial charge in [0.2, 0.25) is 0 Å². The van der Waals surface area contributed by atoms with E-state index < -0.39 is 0 Å². The minimum Gasteiger partial charge on any atom is -0.393 e. The minimum atomic E-state index is -0.153. The molecule has 2 nitrogen and oxygen atoms in total. The highest BCUT2D eigenvalue weighted by molar-refractivity contribution is 5.34. The van der Waals surface area contributed by atoms with E-state index in [0.29, 0.717) is 12.0 Å². The fourth-order valence-electron chi connectivity index (χ4n) is 3.81. The van der Waals surface area contributed by atoms with Gasteiger partial charge in [0.05, 0.1) is 6.10 Å². The predicted octanol–water partition coefficient (Wildman–Crippen LogP) is 2.56. The highest BCUT2D eigenvalue weighted by atomic mass is 16.3. The van der Waals surface area contributed by atoms with Crippen LogP contribution in [-0.2, 0) is 6.42 Å². The van der Waals surface area contributed by atoms with Crippen molar-refractivity contribution in [3.63, 3.8) is 0 Å². The topological polar surface area (TPSA) is 23.5 Å². The molecule has 0 bridgehead atoms. The molecule has 18 heavy (non-hydrogen) atoms. The maximum Gasteiger partial charge on any atom is 0.0587 e. The Hall–Kier alpha value is -0.860. The van der Waals surface area contributed by atoms with E-state index in [1.165, 1.54) is 36.9 Å². The van der Waals surface area contributed by atoms with Crippen LogP contribution in [0.25, 0.3) is 0 Å². The van der Waals surface area contributed by atoms with Crippen LogP contribution >= 0.6 is 0 Å². The Morgan fingerprint density at radius 3 is 2.89 bits per heavy atom. The molecule has 0 saturated carbocycles. The molecule has 1 aromatic rings. The van der Waals surface area contributed by atoms with Gasteiger partial charge < -0.3 is 10.0 Å². The maximum absolute atomic E-state index is 10.1. The first-order valence-electron chi connectivity index (χ1n) is 7.22. The standard InChI is InChI=1S/C16H23NO/c1-17-9-5-4-8-16(17)15-11-13(18)10-12-6-2-3-7-14(12)15/h2-3,6-7,13,15-16,18H,4-5,8-11H2,1H3. The van der Waals surface area contributed by atoms with Crippen LogP contribution in [0.2, 0.25) is 0 Å². The summed E-state index contributed by atoms with van der Waals surface area (Å²) in [6, 6.07) is 9.32. The molecule has 3 atom stereocenters. The van der Waals surface area contributed by atoms with Crippen LogP contribution < -0.4 is 0 Å². The Balaban J connectivity index is 1.91. The van der Waals surface area contributed by atoms with E-state index in [0.717, 1.165) is 12.8 Å². The third kappa shape index (κ3) is 2.19. The normalized spacial score (nSPS) is 33.1. The summed E-state index contributed by atoms with van der Waals surface area (Å²) in [5.41, 5.74) is 2.85. The zero-order chi connectivity index (χ0) is 12.5. The Kier molecular flexibility index (Phi) is 3.40. The van der Waals surface area contributed by atoms with E-state index >= 15 is 0 Å². The van der Waals surface area contributed by atoms with E-state index in [9.17, 15) is 5.11 Å². The summed E-state index contributed by atoms with van der Waals surface area (Å²) in [5.74, 6) is 0.523. The molecule has 1 aliphatic carbocycles. The molecule has 0 radical (unpaired) electrons. The summed E-state index contributed by atoms with van der Waals surface area (Å²) < 4.78 is 0. The van der Waals surface area contributed by atoms with Gasteiger partial charge in [-0.2, -0.15) is 0 Å². The number of nitrogens with zero attached hydrogens (tertiary/aromatic N) is 1. The third-order valence-corrected chi connectivity index (χ3v) is 4.73. The van der Waals surface area contributed by atoms with Gasteiger partial charge in [0.1, 0.15) is 0 Å². The smallest absolute Gasteiger partial charge is 0.0587 e. The second kappa shape index (κ2) is 5.02. The van der Waals surface area contributed by atoms with Crippen molar-refractivity contribution < 1.29 is 5.11 Å². The molecule has 2 aliphatic rings. The molecule has 0 amide bonds. The average molecular weight is 245 g/mol. The molecule has 1 N–H and O–H groups in total. The van der Waals surface area contributed by atoms with E-state index in [1.807, 2.05) is 0 Å². The lowest BCUT2D eigenvalue weighted by Gasteiger charge is -2.41. The summed E-state index contributed by atoms with van der Waals surface area (Å²) in [6.45, 7) is 1.21. The highest BCUT2D eigenvalue weighted by Crippen LogP contribution is 2.38. The predicted molar refractivity (Wildman–Crippen MR) is 73.8 cm³/mol. The van der Waals surface area contributed by atoms with Gasteiger partial charge in [-0.3, -0.25) is 0 Å². The van der Waals surface area contributed by atoms with Crippen molar-refractivity contribution in [1.29, 1.82) is 0 Å². The quantitative estimate of drug-likeness (QED) is 0.822. The van der Waals surface area contributed by atoms with Crippen molar-refractivity contribution in [2.45, 2.75) is 50.2 Å². The Morgan fingerprint density at radius 2 is 2.06 bits per heavy atom. The lowest BCUT2D eigenvalue weighted by atomic mass is 9.75. The molecule has 1 aliphatic heterocycles. The maximum atomic E-state index is 10.1. The van der Waals surface area contributed by atoms with Gasteiger partial charge in [0.15, 0.2) is 0 Å². The SMILES string of the molecule is CN1CCCCC1C1CC(O)Cc2ccccc21. The fraction of sp³-hybridized carbons (Fsp3) is 0.625. The van der Waals surface area contributed by atoms with Crippen molar-refractivity contribution in [2.24, 2.45) is 0 Å². The van der Waals surface area contributed by atoms with Crippen LogP contribution in [0.15, 0.2) is 24.3 Å². The number of benzene rings is 1. The van der Waals surface area contributed by atoms with Gasteiger partial charge in [-0.25, -0.2) is 0 Å². The van der Waals surface area contributed by atoms with Crippen molar-refractivity contribution in [3.8, 4) is 0 Å². The van der Waals surface area contributed by atoms with Gasteiger partial charge in [-0.05, 0) is 50.4 Å². The second-order valence-corrected chi connectivity index (χ2v) is 5.94. The summed E-state index contributed by atoms with van der Waals surface area (Å²) in [4.78, 5) is 2.50. The van der Waals surface area contributed by atoms with Gasteiger partial charge in [-0.15, -0.1) is 0 Å². The lowest BCUT2D eigenvalue weighted by molar-refractivity contribution is 0.0975. The summed E-state index contributed by atoms with van der Waals surface area (Å²) in [7, 11) is 2.24. The Labute approximate surface area is 110 Å². The van der Waals surface area contributed by atoms with Gasteiger partial charge >= 0.3 is 0 Å². The van der Waals surface area contributed by atoms with E-state index in [-0.39, 0.29) is 6.10 Å². The third-order valence-electron chi connectivity index (χ3n) is 4.73. The molecule has 1 saturated heterocycles. The molecule has 2 heteroatoms. The zero-order valence-corrected chi connectivity index (χ0v) is 11.2. The molecular weight excluding hydrogens is 222 g/mol. The van der Waals surface area contributed by atoms with Crippen LogP contribution in [0.4, 0.5) is 0 Å². The largest absolute Gasteiger partial charge is 0.393 e. The second-order valence-electron chi connectivity index (χ2n) is 5.94. The number of aliphatic hydroxyl groups excluding tert-OH is 1. The molecular formula is C16H23NO. The Bertz CT molecular complexity index is 417. The Morgan fingerprint density at radius 1 is 1.22 bits per heavy atom. The molecule has 3 rings (SSSR count). The molecule has 3 unspecified atom stereocenters. The first-order valence-corrected chi connectivity index (χ1v) is 7.22. The number of likely N-dealkylation sites (N-methyl/N-ethyl adjacent to an activating group) is 1. The molecule has 0 spiro atoms. The minimum absolute atomic E-state index is 0.153. The first kappa shape index (κ1) is 12.2. The molecule has 1 fully saturated rings. The van der Waals surface area contributed by atoms with Crippen LogP contribution in [-0.4, -0.2) is 35.7 Å². The number of piperidine rings is 1. The van der Waals surface area contributed by atoms with Crippen LogP contribution in [0, 0.1) is 0 Å². The molecule has 0 aromatic heterocycles. The summed E-state index contributed by atoms with van der Waals surface area (Å²) in [6.07, 6.45) is 5.56. The number of likely N-dealkylation sites (tertiary alicyclic amines) is 1. The van der Waals surface area contributed by atoms with Gasteiger partial charge in [0, 0.05) is 12.0 Å². The van der Waals surface area contributed by atoms with E-state index in [4.69, 9.17) is 0 Å². The zero-order valence-electron chi connectivity index (χ0n) is 11.2. The monoisotopic (exact) mass is 245 g/mol. The highest BCUT2D eigenvalue weighted by Gasteiger charge is 2.34. The fourth-order valence-corrected chi connectivity index (χ4v) is 3.81. The van der Waals surface area contributed by atoms with E-state index in [1.54, 1.807) is 0 Å². The number of hydrogen-bond acceptors (Lipinski definition) is 2. The van der Waals surface area contributed by atoms with Crippen molar-refractivity contribution in [1.82, 2.24) is 4.90 Å². The van der Waals surface area contributed by atoms with E-state index in [2.05, 4.69) is 36.2 Å². The van der Waals surface area contributed by atoms with Crippen LogP contribution in [0.5, 0.6) is 0 Å². The van der Waals surface area contributed by atoms with Crippen molar-refractivity contribution in [2.75, 3.05) is 13.6 Å². The molecule has 1 aromatic carbocycles. The number of fused-ring (bicyclic) bond motifs is 1. The number of rotatable bonds is 1. The number of aliphatic hydroxyl groups is 1. The summed E-state index contributed by atoms with van der Waals surface area (Å²) >= 11 is 0. The van der Waals surface area contributed by atoms with Crippen LogP contribution in [0.1, 0.15) is 42.7 Å². The number of hydrogen-bond donors (Lipinski definition) is 1. The molecule has 98 valence electrons.